The zero-order chi connectivity index (χ0) is 13.7. The van der Waals surface area contributed by atoms with E-state index in [0.717, 1.165) is 12.8 Å². The molecule has 3 heteroatoms. The van der Waals surface area contributed by atoms with Gasteiger partial charge in [0.2, 0.25) is 0 Å². The van der Waals surface area contributed by atoms with E-state index in [2.05, 4.69) is 13.8 Å². The molecular formula is C15H26O3. The molecule has 3 nitrogen and oxygen atoms in total. The third-order valence-corrected chi connectivity index (χ3v) is 5.04. The van der Waals surface area contributed by atoms with Crippen LogP contribution in [0.2, 0.25) is 0 Å². The summed E-state index contributed by atoms with van der Waals surface area (Å²) in [6.07, 6.45) is 1.66. The van der Waals surface area contributed by atoms with E-state index in [9.17, 15) is 9.90 Å². The predicted octanol–water partition coefficient (Wildman–Crippen LogP) is 2.62. The summed E-state index contributed by atoms with van der Waals surface area (Å²) in [6.45, 7) is 10.5. The molecule has 3 rings (SSSR count). The molecule has 0 radical (unpaired) electrons. The highest BCUT2D eigenvalue weighted by atomic mass is 16.5. The quantitative estimate of drug-likeness (QED) is 0.771. The second-order valence-corrected chi connectivity index (χ2v) is 7.68. The Morgan fingerprint density at radius 2 is 1.89 bits per heavy atom. The van der Waals surface area contributed by atoms with Crippen molar-refractivity contribution < 1.29 is 14.6 Å². The first-order valence-electron chi connectivity index (χ1n) is 6.99. The molecule has 2 unspecified atom stereocenters. The third-order valence-electron chi connectivity index (χ3n) is 5.04. The lowest BCUT2D eigenvalue weighted by molar-refractivity contribution is -0.189. The van der Waals surface area contributed by atoms with Crippen molar-refractivity contribution in [2.45, 2.75) is 53.6 Å². The zero-order valence-electron chi connectivity index (χ0n) is 12.2. The first-order chi connectivity index (χ1) is 8.14. The summed E-state index contributed by atoms with van der Waals surface area (Å²) in [7, 11) is 0. The first kappa shape index (κ1) is 13.9. The average molecular weight is 254 g/mol. The van der Waals surface area contributed by atoms with Crippen molar-refractivity contribution in [1.29, 1.82) is 0 Å². The maximum atomic E-state index is 11.8. The largest absolute Gasteiger partial charge is 0.465 e. The van der Waals surface area contributed by atoms with Gasteiger partial charge in [0.25, 0.3) is 0 Å². The van der Waals surface area contributed by atoms with E-state index in [0.29, 0.717) is 24.4 Å². The number of carbonyl (C=O) groups is 1. The van der Waals surface area contributed by atoms with Crippen molar-refractivity contribution in [1.82, 2.24) is 0 Å². The molecule has 0 saturated heterocycles. The number of carbonyl (C=O) groups excluding carboxylic acids is 1. The Kier molecular flexibility index (Phi) is 3.25. The van der Waals surface area contributed by atoms with Gasteiger partial charge in [-0.05, 0) is 56.8 Å². The van der Waals surface area contributed by atoms with Crippen LogP contribution in [0.15, 0.2) is 0 Å². The third kappa shape index (κ3) is 2.18. The van der Waals surface area contributed by atoms with Crippen molar-refractivity contribution in [3.63, 3.8) is 0 Å². The van der Waals surface area contributed by atoms with Gasteiger partial charge in [-0.25, -0.2) is 0 Å². The Morgan fingerprint density at radius 1 is 1.28 bits per heavy atom. The highest BCUT2D eigenvalue weighted by Gasteiger charge is 2.58. The summed E-state index contributed by atoms with van der Waals surface area (Å²) in [5.74, 6) is 1.22. The summed E-state index contributed by atoms with van der Waals surface area (Å²) < 4.78 is 5.43. The van der Waals surface area contributed by atoms with Crippen LogP contribution < -0.4 is 0 Å². The second-order valence-electron chi connectivity index (χ2n) is 7.68. The number of hydrogen-bond donors (Lipinski definition) is 1. The van der Waals surface area contributed by atoms with Gasteiger partial charge in [-0.3, -0.25) is 4.79 Å². The predicted molar refractivity (Wildman–Crippen MR) is 69.9 cm³/mol. The van der Waals surface area contributed by atoms with Crippen LogP contribution in [0.3, 0.4) is 0 Å². The average Bonchev–Trinajstić information content (AvgIpc) is 2.23. The minimum absolute atomic E-state index is 0.142. The number of rotatable bonds is 2. The molecule has 0 spiro atoms. The standard InChI is InChI=1S/C15H26O3/c1-14(2,3)13(17)18-8-9-6-12(16)11-7-10(9)15(11,4)5/h9-12,16H,6-8H2,1-5H3/t9?,10-,11+,12?/m1/s1. The summed E-state index contributed by atoms with van der Waals surface area (Å²) in [6, 6.07) is 0. The van der Waals surface area contributed by atoms with Crippen LogP contribution in [0.25, 0.3) is 0 Å². The monoisotopic (exact) mass is 254 g/mol. The van der Waals surface area contributed by atoms with Gasteiger partial charge < -0.3 is 9.84 Å². The van der Waals surface area contributed by atoms with Gasteiger partial charge in [-0.1, -0.05) is 13.8 Å². The van der Waals surface area contributed by atoms with Crippen LogP contribution in [0.4, 0.5) is 0 Å². The van der Waals surface area contributed by atoms with Crippen LogP contribution in [0.1, 0.15) is 47.5 Å². The molecule has 18 heavy (non-hydrogen) atoms. The molecule has 0 aromatic carbocycles. The van der Waals surface area contributed by atoms with E-state index in [1.807, 2.05) is 20.8 Å². The number of aliphatic hydroxyl groups excluding tert-OH is 1. The Balaban J connectivity index is 1.93. The lowest BCUT2D eigenvalue weighted by Crippen LogP contribution is -2.59. The van der Waals surface area contributed by atoms with Gasteiger partial charge in [0, 0.05) is 0 Å². The first-order valence-corrected chi connectivity index (χ1v) is 6.99. The van der Waals surface area contributed by atoms with Gasteiger partial charge in [-0.2, -0.15) is 0 Å². The molecule has 0 aromatic rings. The van der Waals surface area contributed by atoms with Crippen molar-refractivity contribution >= 4 is 5.97 Å². The van der Waals surface area contributed by atoms with E-state index in [1.54, 1.807) is 0 Å². The van der Waals surface area contributed by atoms with Crippen LogP contribution in [0.5, 0.6) is 0 Å². The summed E-state index contributed by atoms with van der Waals surface area (Å²) in [5.41, 5.74) is -0.235. The summed E-state index contributed by atoms with van der Waals surface area (Å²) in [5, 5.41) is 10.1. The summed E-state index contributed by atoms with van der Waals surface area (Å²) >= 11 is 0. The van der Waals surface area contributed by atoms with Crippen molar-refractivity contribution in [3.05, 3.63) is 0 Å². The van der Waals surface area contributed by atoms with E-state index in [4.69, 9.17) is 4.74 Å². The van der Waals surface area contributed by atoms with Gasteiger partial charge in [0.1, 0.15) is 0 Å². The Morgan fingerprint density at radius 3 is 2.33 bits per heavy atom. The van der Waals surface area contributed by atoms with Crippen LogP contribution in [0, 0.1) is 28.6 Å². The smallest absolute Gasteiger partial charge is 0.311 e. The van der Waals surface area contributed by atoms with Gasteiger partial charge >= 0.3 is 5.97 Å². The Bertz CT molecular complexity index is 340. The molecule has 2 bridgehead atoms. The highest BCUT2D eigenvalue weighted by Crippen LogP contribution is 2.61. The van der Waals surface area contributed by atoms with Crippen molar-refractivity contribution in [3.8, 4) is 0 Å². The molecule has 4 atom stereocenters. The summed E-state index contributed by atoms with van der Waals surface area (Å²) in [4.78, 5) is 11.8. The molecule has 0 aliphatic heterocycles. The van der Waals surface area contributed by atoms with Crippen molar-refractivity contribution in [2.24, 2.45) is 28.6 Å². The fourth-order valence-corrected chi connectivity index (χ4v) is 3.67. The van der Waals surface area contributed by atoms with Gasteiger partial charge in [0.05, 0.1) is 18.1 Å². The molecule has 3 fully saturated rings. The van der Waals surface area contributed by atoms with Crippen LogP contribution in [-0.2, 0) is 9.53 Å². The second kappa shape index (κ2) is 4.22. The van der Waals surface area contributed by atoms with E-state index in [1.165, 1.54) is 0 Å². The lowest BCUT2D eigenvalue weighted by atomic mass is 9.45. The number of hydrogen-bond acceptors (Lipinski definition) is 3. The van der Waals surface area contributed by atoms with Crippen LogP contribution in [-0.4, -0.2) is 23.8 Å². The number of aliphatic hydroxyl groups is 1. The number of fused-ring (bicyclic) bond motifs is 2. The number of ether oxygens (including phenoxy) is 1. The maximum Gasteiger partial charge on any atom is 0.311 e. The van der Waals surface area contributed by atoms with E-state index in [-0.39, 0.29) is 17.5 Å². The fraction of sp³-hybridized carbons (Fsp3) is 0.933. The fourth-order valence-electron chi connectivity index (χ4n) is 3.67. The SMILES string of the molecule is CC(C)(C)C(=O)OCC1CC(O)[C@@H]2C[C@H]1C2(C)C. The topological polar surface area (TPSA) is 46.5 Å². The van der Waals surface area contributed by atoms with Gasteiger partial charge in [0.15, 0.2) is 0 Å². The minimum Gasteiger partial charge on any atom is -0.465 e. The number of esters is 1. The van der Waals surface area contributed by atoms with Crippen LogP contribution >= 0.6 is 0 Å². The molecule has 3 aliphatic rings. The van der Waals surface area contributed by atoms with Crippen molar-refractivity contribution in [2.75, 3.05) is 6.61 Å². The maximum absolute atomic E-state index is 11.8. The molecule has 0 amide bonds. The molecule has 1 N–H and O–H groups in total. The molecule has 104 valence electrons. The lowest BCUT2D eigenvalue weighted by Gasteiger charge is -2.61. The Labute approximate surface area is 110 Å². The van der Waals surface area contributed by atoms with E-state index < -0.39 is 5.41 Å². The minimum atomic E-state index is -0.440. The normalized spacial score (nSPS) is 37.9. The van der Waals surface area contributed by atoms with Gasteiger partial charge in [-0.15, -0.1) is 0 Å². The highest BCUT2D eigenvalue weighted by molar-refractivity contribution is 5.75. The molecule has 3 aliphatic carbocycles. The van der Waals surface area contributed by atoms with E-state index >= 15 is 0 Å². The molecule has 0 heterocycles. The Hall–Kier alpha value is -0.570. The molecular weight excluding hydrogens is 228 g/mol. The molecule has 0 aromatic heterocycles. The zero-order valence-corrected chi connectivity index (χ0v) is 12.2. The molecule has 3 saturated carbocycles.